The van der Waals surface area contributed by atoms with E-state index in [0.29, 0.717) is 11.5 Å². The van der Waals surface area contributed by atoms with E-state index in [-0.39, 0.29) is 5.91 Å². The van der Waals surface area contributed by atoms with Gasteiger partial charge in [-0.3, -0.25) is 4.79 Å². The standard InChI is InChI=1S/C19H25N5O/c1-4-23-8-10-24(11-9-23)19(25)17-12-21-18(13-20-17)22-16-7-5-6-14(2)15(16)3/h5-7,12-13H,4,8-11H2,1-3H3,(H,21,22). The van der Waals surface area contributed by atoms with Crippen molar-refractivity contribution in [3.8, 4) is 0 Å². The highest BCUT2D eigenvalue weighted by Crippen LogP contribution is 2.21. The molecule has 0 bridgehead atoms. The number of aryl methyl sites for hydroxylation is 1. The van der Waals surface area contributed by atoms with E-state index in [0.717, 1.165) is 38.4 Å². The molecule has 0 unspecified atom stereocenters. The second-order valence-corrected chi connectivity index (χ2v) is 6.39. The first-order valence-electron chi connectivity index (χ1n) is 8.75. The highest BCUT2D eigenvalue weighted by molar-refractivity contribution is 5.92. The van der Waals surface area contributed by atoms with Crippen LogP contribution >= 0.6 is 0 Å². The maximum Gasteiger partial charge on any atom is 0.274 e. The zero-order valence-electron chi connectivity index (χ0n) is 15.1. The maximum absolute atomic E-state index is 12.5. The van der Waals surface area contributed by atoms with Crippen LogP contribution in [-0.2, 0) is 0 Å². The molecule has 0 atom stereocenters. The summed E-state index contributed by atoms with van der Waals surface area (Å²) < 4.78 is 0. The average Bonchev–Trinajstić information content (AvgIpc) is 2.65. The van der Waals surface area contributed by atoms with E-state index in [9.17, 15) is 4.79 Å². The molecular weight excluding hydrogens is 314 g/mol. The molecule has 1 aliphatic heterocycles. The fourth-order valence-electron chi connectivity index (χ4n) is 2.96. The molecule has 0 aliphatic carbocycles. The van der Waals surface area contributed by atoms with Crippen molar-refractivity contribution in [1.82, 2.24) is 19.8 Å². The third kappa shape index (κ3) is 3.96. The summed E-state index contributed by atoms with van der Waals surface area (Å²) in [5.41, 5.74) is 3.80. The number of nitrogens with zero attached hydrogens (tertiary/aromatic N) is 4. The number of hydrogen-bond donors (Lipinski definition) is 1. The third-order valence-corrected chi connectivity index (χ3v) is 4.85. The Hall–Kier alpha value is -2.47. The number of carbonyl (C=O) groups excluding carboxylic acids is 1. The third-order valence-electron chi connectivity index (χ3n) is 4.85. The van der Waals surface area contributed by atoms with E-state index in [1.54, 1.807) is 12.4 Å². The first kappa shape index (κ1) is 17.4. The number of carbonyl (C=O) groups is 1. The molecule has 1 aromatic carbocycles. The van der Waals surface area contributed by atoms with Gasteiger partial charge < -0.3 is 15.1 Å². The molecule has 6 nitrogen and oxygen atoms in total. The molecule has 1 saturated heterocycles. The van der Waals surface area contributed by atoms with Crippen LogP contribution in [0.5, 0.6) is 0 Å². The lowest BCUT2D eigenvalue weighted by molar-refractivity contribution is 0.0637. The van der Waals surface area contributed by atoms with E-state index in [2.05, 4.69) is 47.0 Å². The molecule has 0 saturated carbocycles. The molecule has 6 heteroatoms. The summed E-state index contributed by atoms with van der Waals surface area (Å²) in [6, 6.07) is 6.09. The lowest BCUT2D eigenvalue weighted by Crippen LogP contribution is -2.48. The summed E-state index contributed by atoms with van der Waals surface area (Å²) in [7, 11) is 0. The molecule has 1 fully saturated rings. The Labute approximate surface area is 148 Å². The zero-order valence-corrected chi connectivity index (χ0v) is 15.1. The predicted octanol–water partition coefficient (Wildman–Crippen LogP) is 2.61. The van der Waals surface area contributed by atoms with Crippen LogP contribution in [0.3, 0.4) is 0 Å². The minimum absolute atomic E-state index is 0.0402. The van der Waals surface area contributed by atoms with E-state index < -0.39 is 0 Å². The highest BCUT2D eigenvalue weighted by Gasteiger charge is 2.22. The van der Waals surface area contributed by atoms with Gasteiger partial charge in [0.05, 0.1) is 12.4 Å². The molecule has 2 aromatic rings. The SMILES string of the molecule is CCN1CCN(C(=O)c2cnc(Nc3cccc(C)c3C)cn2)CC1. The second kappa shape index (κ2) is 7.61. The number of amides is 1. The number of nitrogens with one attached hydrogen (secondary N) is 1. The molecule has 1 aliphatic rings. The normalized spacial score (nSPS) is 15.2. The number of hydrogen-bond acceptors (Lipinski definition) is 5. The van der Waals surface area contributed by atoms with Crippen LogP contribution in [0.15, 0.2) is 30.6 Å². The van der Waals surface area contributed by atoms with E-state index in [4.69, 9.17) is 0 Å². The number of aromatic nitrogens is 2. The van der Waals surface area contributed by atoms with Crippen LogP contribution in [0.2, 0.25) is 0 Å². The summed E-state index contributed by atoms with van der Waals surface area (Å²) in [6.45, 7) is 10.6. The zero-order chi connectivity index (χ0) is 17.8. The lowest BCUT2D eigenvalue weighted by atomic mass is 10.1. The Morgan fingerprint density at radius 2 is 1.88 bits per heavy atom. The van der Waals surface area contributed by atoms with Crippen molar-refractivity contribution in [2.45, 2.75) is 20.8 Å². The summed E-state index contributed by atoms with van der Waals surface area (Å²) >= 11 is 0. The Bertz CT molecular complexity index is 736. The number of benzene rings is 1. The van der Waals surface area contributed by atoms with Crippen LogP contribution in [0.1, 0.15) is 28.5 Å². The van der Waals surface area contributed by atoms with Gasteiger partial charge in [-0.2, -0.15) is 0 Å². The fraction of sp³-hybridized carbons (Fsp3) is 0.421. The molecule has 25 heavy (non-hydrogen) atoms. The van der Waals surface area contributed by atoms with Crippen molar-refractivity contribution in [2.24, 2.45) is 0 Å². The summed E-state index contributed by atoms with van der Waals surface area (Å²) in [6.07, 6.45) is 3.18. The first-order valence-corrected chi connectivity index (χ1v) is 8.75. The monoisotopic (exact) mass is 339 g/mol. The van der Waals surface area contributed by atoms with Crippen molar-refractivity contribution >= 4 is 17.4 Å². The Morgan fingerprint density at radius 1 is 1.12 bits per heavy atom. The molecule has 0 spiro atoms. The highest BCUT2D eigenvalue weighted by atomic mass is 16.2. The van der Waals surface area contributed by atoms with Gasteiger partial charge in [0.15, 0.2) is 0 Å². The largest absolute Gasteiger partial charge is 0.339 e. The van der Waals surface area contributed by atoms with Gasteiger partial charge in [-0.1, -0.05) is 19.1 Å². The van der Waals surface area contributed by atoms with Crippen molar-refractivity contribution in [3.63, 3.8) is 0 Å². The molecule has 1 N–H and O–H groups in total. The van der Waals surface area contributed by atoms with E-state index in [1.807, 2.05) is 17.0 Å². The summed E-state index contributed by atoms with van der Waals surface area (Å²) in [5, 5.41) is 3.27. The van der Waals surface area contributed by atoms with Crippen molar-refractivity contribution in [2.75, 3.05) is 38.0 Å². The summed E-state index contributed by atoms with van der Waals surface area (Å²) in [5.74, 6) is 0.600. The molecule has 132 valence electrons. The fourth-order valence-corrected chi connectivity index (χ4v) is 2.96. The Kier molecular flexibility index (Phi) is 5.28. The van der Waals surface area contributed by atoms with Gasteiger partial charge in [0, 0.05) is 31.9 Å². The molecular formula is C19H25N5O. The van der Waals surface area contributed by atoms with Gasteiger partial charge in [0.1, 0.15) is 11.5 Å². The van der Waals surface area contributed by atoms with Crippen LogP contribution in [0.4, 0.5) is 11.5 Å². The van der Waals surface area contributed by atoms with Gasteiger partial charge in [0.25, 0.3) is 5.91 Å². The lowest BCUT2D eigenvalue weighted by Gasteiger charge is -2.33. The summed E-state index contributed by atoms with van der Waals surface area (Å²) in [4.78, 5) is 25.4. The Balaban J connectivity index is 1.66. The first-order chi connectivity index (χ1) is 12.1. The Morgan fingerprint density at radius 3 is 2.52 bits per heavy atom. The number of likely N-dealkylation sites (N-methyl/N-ethyl adjacent to an activating group) is 1. The van der Waals surface area contributed by atoms with Crippen LogP contribution in [0, 0.1) is 13.8 Å². The molecule has 2 heterocycles. The number of rotatable bonds is 4. The van der Waals surface area contributed by atoms with Gasteiger partial charge in [-0.05, 0) is 37.6 Å². The predicted molar refractivity (Wildman–Crippen MR) is 99.2 cm³/mol. The van der Waals surface area contributed by atoms with E-state index in [1.165, 1.54) is 11.1 Å². The topological polar surface area (TPSA) is 61.4 Å². The number of piperazine rings is 1. The van der Waals surface area contributed by atoms with Crippen molar-refractivity contribution in [1.29, 1.82) is 0 Å². The molecule has 0 radical (unpaired) electrons. The van der Waals surface area contributed by atoms with Crippen LogP contribution in [-0.4, -0.2) is 58.4 Å². The van der Waals surface area contributed by atoms with Crippen molar-refractivity contribution < 1.29 is 4.79 Å². The second-order valence-electron chi connectivity index (χ2n) is 6.39. The molecule has 3 rings (SSSR count). The van der Waals surface area contributed by atoms with Crippen LogP contribution < -0.4 is 5.32 Å². The van der Waals surface area contributed by atoms with Gasteiger partial charge >= 0.3 is 0 Å². The van der Waals surface area contributed by atoms with Gasteiger partial charge in [0.2, 0.25) is 0 Å². The van der Waals surface area contributed by atoms with E-state index >= 15 is 0 Å². The van der Waals surface area contributed by atoms with Crippen LogP contribution in [0.25, 0.3) is 0 Å². The molecule has 1 amide bonds. The average molecular weight is 339 g/mol. The van der Waals surface area contributed by atoms with Crippen molar-refractivity contribution in [3.05, 3.63) is 47.4 Å². The minimum atomic E-state index is -0.0402. The smallest absolute Gasteiger partial charge is 0.274 e. The maximum atomic E-state index is 12.5. The van der Waals surface area contributed by atoms with Gasteiger partial charge in [-0.15, -0.1) is 0 Å². The number of anilines is 2. The minimum Gasteiger partial charge on any atom is -0.339 e. The van der Waals surface area contributed by atoms with Gasteiger partial charge in [-0.25, -0.2) is 9.97 Å². The molecule has 1 aromatic heterocycles. The quantitative estimate of drug-likeness (QED) is 0.928.